The Morgan fingerprint density at radius 3 is 2.05 bits per heavy atom. The van der Waals surface area contributed by atoms with E-state index in [0.717, 1.165) is 11.4 Å². The van der Waals surface area contributed by atoms with Crippen LogP contribution in [0, 0.1) is 0 Å². The van der Waals surface area contributed by atoms with Crippen molar-refractivity contribution >= 4 is 78.2 Å². The number of nitrogens with one attached hydrogen (secondary N) is 1. The van der Waals surface area contributed by atoms with Crippen molar-refractivity contribution in [1.82, 2.24) is 0 Å². The molecule has 4 aliphatic rings. The van der Waals surface area contributed by atoms with E-state index in [9.17, 15) is 0 Å². The first kappa shape index (κ1) is 36.3. The minimum Gasteiger partial charge on any atom is -0.355 e. The number of benzene rings is 7. The van der Waals surface area contributed by atoms with E-state index in [2.05, 4.69) is 200 Å². The molecule has 0 fully saturated rings. The van der Waals surface area contributed by atoms with Gasteiger partial charge in [-0.1, -0.05) is 152 Å². The third-order valence-corrected chi connectivity index (χ3v) is 16.3. The molecule has 0 saturated carbocycles. The number of rotatable bonds is 3. The van der Waals surface area contributed by atoms with Gasteiger partial charge >= 0.3 is 0 Å². The van der Waals surface area contributed by atoms with Crippen LogP contribution in [-0.2, 0) is 21.7 Å². The summed E-state index contributed by atoms with van der Waals surface area (Å²) in [4.78, 5) is 2.64. The molecule has 2 aliphatic heterocycles. The van der Waals surface area contributed by atoms with Crippen LogP contribution in [0.4, 0.5) is 28.4 Å². The highest BCUT2D eigenvalue weighted by atomic mass is 32.1. The molecule has 12 rings (SSSR count). The number of nitrogens with zero attached hydrogens (tertiary/aromatic N) is 1. The second-order valence-electron chi connectivity index (χ2n) is 20.3. The molecule has 0 bridgehead atoms. The van der Waals surface area contributed by atoms with E-state index in [1.807, 2.05) is 11.3 Å². The van der Waals surface area contributed by atoms with Crippen molar-refractivity contribution < 1.29 is 0 Å². The Morgan fingerprint density at radius 1 is 0.533 bits per heavy atom. The lowest BCUT2D eigenvalue weighted by molar-refractivity contribution is 0.332. The van der Waals surface area contributed by atoms with E-state index in [-0.39, 0.29) is 21.7 Å². The molecule has 3 heterocycles. The molecule has 0 spiro atoms. The predicted octanol–water partition coefficient (Wildman–Crippen LogP) is 14.2. The van der Waals surface area contributed by atoms with Gasteiger partial charge in [-0.15, -0.1) is 11.3 Å². The number of para-hydroxylation sites is 2. The van der Waals surface area contributed by atoms with Crippen LogP contribution in [0.25, 0.3) is 42.4 Å². The molecule has 0 unspecified atom stereocenters. The summed E-state index contributed by atoms with van der Waals surface area (Å²) >= 11 is 1.93. The first-order valence-corrected chi connectivity index (χ1v) is 22.6. The first-order chi connectivity index (χ1) is 28.8. The number of hydrogen-bond donors (Lipinski definition) is 1. The molecule has 60 heavy (non-hydrogen) atoms. The molecule has 2 nitrogen and oxygen atoms in total. The molecular formula is C56H50BN2S. The van der Waals surface area contributed by atoms with Crippen LogP contribution in [-0.4, -0.2) is 7.28 Å². The summed E-state index contributed by atoms with van der Waals surface area (Å²) in [6.07, 6.45) is 2.39. The minimum absolute atomic E-state index is 0.108. The average Bonchev–Trinajstić information content (AvgIpc) is 3.72. The Kier molecular flexibility index (Phi) is 7.28. The second-order valence-corrected chi connectivity index (χ2v) is 21.3. The minimum atomic E-state index is -0.150. The monoisotopic (exact) mass is 793 g/mol. The zero-order valence-electron chi connectivity index (χ0n) is 36.0. The molecule has 0 atom stereocenters. The maximum absolute atomic E-state index is 4.13. The average molecular weight is 794 g/mol. The van der Waals surface area contributed by atoms with Gasteiger partial charge in [0.2, 0.25) is 0 Å². The first-order valence-electron chi connectivity index (χ1n) is 21.8. The van der Waals surface area contributed by atoms with Gasteiger partial charge in [-0.3, -0.25) is 0 Å². The van der Waals surface area contributed by atoms with E-state index in [1.54, 1.807) is 0 Å². The summed E-state index contributed by atoms with van der Waals surface area (Å²) in [5.74, 6) is 0. The van der Waals surface area contributed by atoms with Gasteiger partial charge in [0.25, 0.3) is 0 Å². The van der Waals surface area contributed by atoms with Gasteiger partial charge in [0.1, 0.15) is 0 Å². The highest BCUT2D eigenvalue weighted by Gasteiger charge is 2.44. The molecule has 1 aromatic heterocycles. The molecule has 293 valence electrons. The number of fused-ring (bicyclic) bond motifs is 12. The van der Waals surface area contributed by atoms with Crippen molar-refractivity contribution in [2.24, 2.45) is 0 Å². The molecular weight excluding hydrogens is 744 g/mol. The van der Waals surface area contributed by atoms with Crippen LogP contribution in [0.1, 0.15) is 102 Å². The normalized spacial score (nSPS) is 17.8. The standard InChI is InChI=1S/C56H50BN2S/c1-53(2)28-29-54(3,4)42-30-32(24-25-38(42)53)58-44-27-26-40-47(34-17-9-11-18-37(34)55(40,5)6)48(44)36-31-35-33-16-10-14-23-46(33)60-52(35)51-49(36)57-43-21-15-20-41-50(43)59(51)45-22-13-12-19-39(45)56(41,7)8/h9-27,30-31,58H,28-29H2,1-8H3. The molecule has 1 radical (unpaired) electrons. The quantitative estimate of drug-likeness (QED) is 0.179. The molecule has 4 heteroatoms. The largest absolute Gasteiger partial charge is 0.355 e. The summed E-state index contributed by atoms with van der Waals surface area (Å²) < 4.78 is 2.66. The van der Waals surface area contributed by atoms with Crippen molar-refractivity contribution in [3.05, 3.63) is 161 Å². The van der Waals surface area contributed by atoms with Gasteiger partial charge in [-0.05, 0) is 116 Å². The van der Waals surface area contributed by atoms with E-state index >= 15 is 0 Å². The Labute approximate surface area is 359 Å². The molecule has 0 saturated heterocycles. The predicted molar refractivity (Wildman–Crippen MR) is 259 cm³/mol. The second kappa shape index (κ2) is 12.0. The fourth-order valence-electron chi connectivity index (χ4n) is 11.7. The molecule has 8 aromatic rings. The van der Waals surface area contributed by atoms with Crippen molar-refractivity contribution in [3.8, 4) is 22.3 Å². The maximum Gasteiger partial charge on any atom is 0.197 e. The molecule has 0 amide bonds. The number of thiophene rings is 1. The third kappa shape index (κ3) is 4.77. The SMILES string of the molecule is CC1(C)CCC(C)(C)c2cc(Nc3ccc4c(c3-c3cc5c(sc6ccccc65)c5c3[B]c3cccc6c3N5c3ccccc3C6(C)C)-c3ccccc3C4(C)C)ccc21. The van der Waals surface area contributed by atoms with Gasteiger partial charge in [0, 0.05) is 48.9 Å². The van der Waals surface area contributed by atoms with E-state index in [1.165, 1.54) is 117 Å². The van der Waals surface area contributed by atoms with Gasteiger partial charge in [0.05, 0.1) is 16.1 Å². The maximum atomic E-state index is 4.13. The highest BCUT2D eigenvalue weighted by Crippen LogP contribution is 2.58. The van der Waals surface area contributed by atoms with E-state index in [4.69, 9.17) is 0 Å². The van der Waals surface area contributed by atoms with E-state index < -0.39 is 0 Å². The van der Waals surface area contributed by atoms with Crippen molar-refractivity contribution in [2.75, 3.05) is 10.2 Å². The number of anilines is 5. The van der Waals surface area contributed by atoms with Crippen LogP contribution < -0.4 is 21.1 Å². The zero-order chi connectivity index (χ0) is 41.1. The smallest absolute Gasteiger partial charge is 0.197 e. The van der Waals surface area contributed by atoms with Crippen LogP contribution in [0.15, 0.2) is 127 Å². The Bertz CT molecular complexity index is 3180. The van der Waals surface area contributed by atoms with Gasteiger partial charge in [-0.25, -0.2) is 0 Å². The molecule has 7 aromatic carbocycles. The van der Waals surface area contributed by atoms with Crippen LogP contribution in [0.5, 0.6) is 0 Å². The van der Waals surface area contributed by atoms with Gasteiger partial charge < -0.3 is 10.2 Å². The number of hydrogen-bond acceptors (Lipinski definition) is 3. The Hall–Kier alpha value is -5.58. The highest BCUT2D eigenvalue weighted by molar-refractivity contribution is 7.26. The fourth-order valence-corrected chi connectivity index (χ4v) is 12.9. The van der Waals surface area contributed by atoms with Crippen LogP contribution >= 0.6 is 11.3 Å². The third-order valence-electron chi connectivity index (χ3n) is 15.1. The summed E-state index contributed by atoms with van der Waals surface area (Å²) in [6.45, 7) is 19.3. The van der Waals surface area contributed by atoms with E-state index in [0.29, 0.717) is 0 Å². The van der Waals surface area contributed by atoms with Gasteiger partial charge in [0.15, 0.2) is 7.28 Å². The fraction of sp³-hybridized carbons (Fsp3) is 0.250. The van der Waals surface area contributed by atoms with Crippen LogP contribution in [0.3, 0.4) is 0 Å². The summed E-state index contributed by atoms with van der Waals surface area (Å²) in [5, 5.41) is 6.75. The van der Waals surface area contributed by atoms with Crippen molar-refractivity contribution in [2.45, 2.75) is 89.9 Å². The van der Waals surface area contributed by atoms with Crippen molar-refractivity contribution in [1.29, 1.82) is 0 Å². The summed E-state index contributed by atoms with van der Waals surface area (Å²) in [6, 6.07) is 48.8. The lowest BCUT2D eigenvalue weighted by Crippen LogP contribution is -2.45. The Balaban J connectivity index is 1.20. The van der Waals surface area contributed by atoms with Gasteiger partial charge in [-0.2, -0.15) is 0 Å². The Morgan fingerprint density at radius 2 is 1.22 bits per heavy atom. The summed E-state index contributed by atoms with van der Waals surface area (Å²) in [7, 11) is 2.52. The molecule has 1 N–H and O–H groups in total. The van der Waals surface area contributed by atoms with Crippen LogP contribution in [0.2, 0.25) is 0 Å². The topological polar surface area (TPSA) is 15.3 Å². The van der Waals surface area contributed by atoms with Crippen molar-refractivity contribution in [3.63, 3.8) is 0 Å². The lowest BCUT2D eigenvalue weighted by Gasteiger charge is -2.46. The summed E-state index contributed by atoms with van der Waals surface area (Å²) in [5.41, 5.74) is 22.3. The lowest BCUT2D eigenvalue weighted by atomic mass is 9.55. The zero-order valence-corrected chi connectivity index (χ0v) is 36.8. The molecule has 2 aliphatic carbocycles.